The molecule has 3 aromatic rings. The second-order valence-corrected chi connectivity index (χ2v) is 5.02. The summed E-state index contributed by atoms with van der Waals surface area (Å²) in [5.74, 6) is 0.299. The molecule has 2 heterocycles. The van der Waals surface area contributed by atoms with Crippen LogP contribution in [0.15, 0.2) is 48.8 Å². The van der Waals surface area contributed by atoms with E-state index in [9.17, 15) is 13.2 Å². The average Bonchev–Trinajstić information content (AvgIpc) is 3.03. The molecule has 1 aromatic carbocycles. The van der Waals surface area contributed by atoms with Gasteiger partial charge in [-0.2, -0.15) is 18.3 Å². The van der Waals surface area contributed by atoms with Crippen LogP contribution in [-0.4, -0.2) is 15.2 Å². The standard InChI is InChI=1S/C15H9ClF3N3O/c16-12-7-10(15(17,18)19)8-20-14(12)23-11-3-1-2-9(6-11)13-4-5-21-22-13/h1-8H,(H,21,22). The molecule has 0 radical (unpaired) electrons. The first-order valence-corrected chi connectivity index (χ1v) is 6.82. The lowest BCUT2D eigenvalue weighted by Gasteiger charge is -2.10. The molecule has 1 N–H and O–H groups in total. The number of hydrogen-bond acceptors (Lipinski definition) is 3. The van der Waals surface area contributed by atoms with Crippen LogP contribution in [0.2, 0.25) is 5.02 Å². The zero-order valence-electron chi connectivity index (χ0n) is 11.4. The first-order chi connectivity index (χ1) is 10.9. The van der Waals surface area contributed by atoms with Crippen molar-refractivity contribution in [3.05, 3.63) is 59.4 Å². The summed E-state index contributed by atoms with van der Waals surface area (Å²) in [6.07, 6.45) is -2.22. The van der Waals surface area contributed by atoms with Gasteiger partial charge in [-0.15, -0.1) is 0 Å². The van der Waals surface area contributed by atoms with E-state index < -0.39 is 11.7 Å². The normalized spacial score (nSPS) is 11.5. The van der Waals surface area contributed by atoms with E-state index in [-0.39, 0.29) is 10.9 Å². The SMILES string of the molecule is FC(F)(F)c1cnc(Oc2cccc(-c3ccn[nH]3)c2)c(Cl)c1. The van der Waals surface area contributed by atoms with Crippen molar-refractivity contribution in [2.24, 2.45) is 0 Å². The summed E-state index contributed by atoms with van der Waals surface area (Å²) in [7, 11) is 0. The second-order valence-electron chi connectivity index (χ2n) is 4.61. The van der Waals surface area contributed by atoms with E-state index in [4.69, 9.17) is 16.3 Å². The Morgan fingerprint density at radius 3 is 2.61 bits per heavy atom. The molecule has 2 aromatic heterocycles. The van der Waals surface area contributed by atoms with Crippen molar-refractivity contribution in [3.63, 3.8) is 0 Å². The van der Waals surface area contributed by atoms with Gasteiger partial charge in [-0.3, -0.25) is 5.10 Å². The highest BCUT2D eigenvalue weighted by Gasteiger charge is 2.31. The van der Waals surface area contributed by atoms with Gasteiger partial charge in [0, 0.05) is 18.0 Å². The lowest BCUT2D eigenvalue weighted by atomic mass is 10.1. The topological polar surface area (TPSA) is 50.8 Å². The van der Waals surface area contributed by atoms with Gasteiger partial charge in [-0.1, -0.05) is 23.7 Å². The number of aromatic amines is 1. The molecule has 0 saturated carbocycles. The summed E-state index contributed by atoms with van der Waals surface area (Å²) in [6, 6.07) is 9.48. The maximum Gasteiger partial charge on any atom is 0.417 e. The van der Waals surface area contributed by atoms with Crippen LogP contribution >= 0.6 is 11.6 Å². The minimum Gasteiger partial charge on any atom is -0.438 e. The maximum absolute atomic E-state index is 12.6. The van der Waals surface area contributed by atoms with Crippen molar-refractivity contribution in [2.45, 2.75) is 6.18 Å². The molecular formula is C15H9ClF3N3O. The summed E-state index contributed by atoms with van der Waals surface area (Å²) in [6.45, 7) is 0. The van der Waals surface area contributed by atoms with E-state index in [1.807, 2.05) is 6.07 Å². The molecule has 0 spiro atoms. The highest BCUT2D eigenvalue weighted by molar-refractivity contribution is 6.31. The van der Waals surface area contributed by atoms with Gasteiger partial charge in [-0.25, -0.2) is 4.98 Å². The van der Waals surface area contributed by atoms with E-state index in [0.717, 1.165) is 17.3 Å². The van der Waals surface area contributed by atoms with Crippen LogP contribution < -0.4 is 4.74 Å². The molecule has 0 amide bonds. The van der Waals surface area contributed by atoms with Gasteiger partial charge in [0.05, 0.1) is 11.3 Å². The summed E-state index contributed by atoms with van der Waals surface area (Å²) >= 11 is 5.82. The van der Waals surface area contributed by atoms with Crippen LogP contribution in [0.3, 0.4) is 0 Å². The number of halogens is 4. The number of nitrogens with zero attached hydrogens (tertiary/aromatic N) is 2. The Morgan fingerprint density at radius 1 is 1.13 bits per heavy atom. The summed E-state index contributed by atoms with van der Waals surface area (Å²) < 4.78 is 43.2. The zero-order valence-corrected chi connectivity index (χ0v) is 12.2. The number of pyridine rings is 1. The minimum atomic E-state index is -4.50. The molecule has 0 aliphatic carbocycles. The first-order valence-electron chi connectivity index (χ1n) is 6.44. The fourth-order valence-electron chi connectivity index (χ4n) is 1.91. The molecule has 118 valence electrons. The summed E-state index contributed by atoms with van der Waals surface area (Å²) in [5.41, 5.74) is 0.658. The Labute approximate surface area is 133 Å². The molecule has 0 saturated heterocycles. The number of H-pyrrole nitrogens is 1. The fourth-order valence-corrected chi connectivity index (χ4v) is 2.12. The van der Waals surface area contributed by atoms with Crippen molar-refractivity contribution in [3.8, 4) is 22.9 Å². The number of aromatic nitrogens is 3. The molecule has 0 bridgehead atoms. The second kappa shape index (κ2) is 5.92. The molecule has 23 heavy (non-hydrogen) atoms. The number of hydrogen-bond donors (Lipinski definition) is 1. The third-order valence-corrected chi connectivity index (χ3v) is 3.27. The number of ether oxygens (including phenoxy) is 1. The quantitative estimate of drug-likeness (QED) is 0.735. The molecule has 3 rings (SSSR count). The predicted molar refractivity (Wildman–Crippen MR) is 78.3 cm³/mol. The van der Waals surface area contributed by atoms with Gasteiger partial charge in [0.1, 0.15) is 10.8 Å². The van der Waals surface area contributed by atoms with Crippen LogP contribution in [-0.2, 0) is 6.18 Å². The van der Waals surface area contributed by atoms with E-state index >= 15 is 0 Å². The minimum absolute atomic E-state index is 0.0959. The Hall–Kier alpha value is -2.54. The largest absolute Gasteiger partial charge is 0.438 e. The lowest BCUT2D eigenvalue weighted by molar-refractivity contribution is -0.137. The van der Waals surface area contributed by atoms with Gasteiger partial charge < -0.3 is 4.74 Å². The van der Waals surface area contributed by atoms with Gasteiger partial charge in [0.25, 0.3) is 0 Å². The lowest BCUT2D eigenvalue weighted by Crippen LogP contribution is -2.05. The Balaban J connectivity index is 1.87. The van der Waals surface area contributed by atoms with Crippen molar-refractivity contribution < 1.29 is 17.9 Å². The number of alkyl halides is 3. The maximum atomic E-state index is 12.6. The molecule has 4 nitrogen and oxygen atoms in total. The zero-order chi connectivity index (χ0) is 16.4. The van der Waals surface area contributed by atoms with Crippen LogP contribution in [0.5, 0.6) is 11.6 Å². The fraction of sp³-hybridized carbons (Fsp3) is 0.0667. The molecule has 8 heteroatoms. The molecule has 0 fully saturated rings. The Bertz CT molecular complexity index is 819. The molecule has 0 atom stereocenters. The predicted octanol–water partition coefficient (Wildman–Crippen LogP) is 4.94. The van der Waals surface area contributed by atoms with E-state index in [0.29, 0.717) is 11.9 Å². The van der Waals surface area contributed by atoms with E-state index in [2.05, 4.69) is 15.2 Å². The van der Waals surface area contributed by atoms with E-state index in [1.165, 1.54) is 0 Å². The van der Waals surface area contributed by atoms with Crippen LogP contribution in [0.1, 0.15) is 5.56 Å². The smallest absolute Gasteiger partial charge is 0.417 e. The summed E-state index contributed by atoms with van der Waals surface area (Å²) in [4.78, 5) is 3.64. The van der Waals surface area contributed by atoms with Gasteiger partial charge in [-0.05, 0) is 24.3 Å². The van der Waals surface area contributed by atoms with Crippen molar-refractivity contribution in [1.29, 1.82) is 0 Å². The first kappa shape index (κ1) is 15.4. The van der Waals surface area contributed by atoms with Crippen molar-refractivity contribution in [2.75, 3.05) is 0 Å². The van der Waals surface area contributed by atoms with Crippen LogP contribution in [0.4, 0.5) is 13.2 Å². The summed E-state index contributed by atoms with van der Waals surface area (Å²) in [5, 5.41) is 6.44. The van der Waals surface area contributed by atoms with Gasteiger partial charge in [0.15, 0.2) is 0 Å². The molecular weight excluding hydrogens is 331 g/mol. The molecule has 0 aliphatic heterocycles. The molecule has 0 aliphatic rings. The Kier molecular flexibility index (Phi) is 3.96. The number of rotatable bonds is 3. The number of nitrogens with one attached hydrogen (secondary N) is 1. The van der Waals surface area contributed by atoms with Crippen LogP contribution in [0, 0.1) is 0 Å². The average molecular weight is 340 g/mol. The van der Waals surface area contributed by atoms with Gasteiger partial charge in [0.2, 0.25) is 5.88 Å². The molecule has 0 unspecified atom stereocenters. The van der Waals surface area contributed by atoms with Crippen molar-refractivity contribution >= 4 is 11.6 Å². The van der Waals surface area contributed by atoms with Gasteiger partial charge >= 0.3 is 6.18 Å². The Morgan fingerprint density at radius 2 is 1.96 bits per heavy atom. The number of benzene rings is 1. The van der Waals surface area contributed by atoms with Crippen LogP contribution in [0.25, 0.3) is 11.3 Å². The highest BCUT2D eigenvalue weighted by atomic mass is 35.5. The highest BCUT2D eigenvalue weighted by Crippen LogP contribution is 2.35. The van der Waals surface area contributed by atoms with Crippen molar-refractivity contribution in [1.82, 2.24) is 15.2 Å². The third-order valence-electron chi connectivity index (χ3n) is 3.00. The van der Waals surface area contributed by atoms with E-state index in [1.54, 1.807) is 30.5 Å². The monoisotopic (exact) mass is 339 g/mol. The third kappa shape index (κ3) is 3.45.